The van der Waals surface area contributed by atoms with Gasteiger partial charge >= 0.3 is 0 Å². The summed E-state index contributed by atoms with van der Waals surface area (Å²) in [5.74, 6) is 0.358. The number of fused-ring (bicyclic) bond motifs is 2. The zero-order valence-electron chi connectivity index (χ0n) is 26.0. The molecule has 7 rings (SSSR count). The first-order valence-corrected chi connectivity index (χ1v) is 16.8. The Hall–Kier alpha value is -5.60. The molecule has 6 aromatic rings. The van der Waals surface area contributed by atoms with Gasteiger partial charge in [0.1, 0.15) is 11.9 Å². The number of methoxy groups -OCH3 is 1. The van der Waals surface area contributed by atoms with Crippen LogP contribution in [0.25, 0.3) is 10.8 Å². The van der Waals surface area contributed by atoms with E-state index in [1.807, 2.05) is 79.7 Å². The molecular weight excluding hydrogens is 607 g/mol. The minimum atomic E-state index is -4.00. The fourth-order valence-corrected chi connectivity index (χ4v) is 7.27. The molecule has 0 saturated carbocycles. The van der Waals surface area contributed by atoms with Crippen LogP contribution in [-0.2, 0) is 16.6 Å². The number of hydrogen-bond donors (Lipinski definition) is 1. The monoisotopic (exact) mass is 639 g/mol. The SMILES string of the molecule is COc1ccc(N2C(=O)c3cc(S(=O)(=O)Nc4ccc(C)cc4)ccc3N(Cc3ccccc3)[C@@H]2c2cccc3ccccc23)cc1. The van der Waals surface area contributed by atoms with Gasteiger partial charge in [0.25, 0.3) is 15.9 Å². The fourth-order valence-electron chi connectivity index (χ4n) is 6.19. The Morgan fingerprint density at radius 2 is 1.47 bits per heavy atom. The second-order valence-corrected chi connectivity index (χ2v) is 13.3. The molecule has 0 aliphatic carbocycles. The number of carbonyl (C=O) groups is 1. The number of benzene rings is 6. The van der Waals surface area contributed by atoms with Crippen molar-refractivity contribution in [3.8, 4) is 5.75 Å². The van der Waals surface area contributed by atoms with Gasteiger partial charge in [-0.2, -0.15) is 0 Å². The molecular formula is C39H33N3O4S. The second-order valence-electron chi connectivity index (χ2n) is 11.6. The summed E-state index contributed by atoms with van der Waals surface area (Å²) in [5.41, 5.74) is 5.06. The predicted octanol–water partition coefficient (Wildman–Crippen LogP) is 8.32. The topological polar surface area (TPSA) is 78.9 Å². The van der Waals surface area contributed by atoms with E-state index in [9.17, 15) is 13.2 Å². The van der Waals surface area contributed by atoms with Crippen LogP contribution in [0.1, 0.15) is 33.2 Å². The maximum absolute atomic E-state index is 14.8. The lowest BCUT2D eigenvalue weighted by Crippen LogP contribution is -2.49. The Balaban J connectivity index is 1.43. The third-order valence-corrected chi connectivity index (χ3v) is 9.91. The zero-order valence-corrected chi connectivity index (χ0v) is 26.8. The van der Waals surface area contributed by atoms with Crippen LogP contribution in [0.5, 0.6) is 5.75 Å². The van der Waals surface area contributed by atoms with Crippen molar-refractivity contribution in [1.29, 1.82) is 0 Å². The van der Waals surface area contributed by atoms with E-state index in [0.29, 0.717) is 34.9 Å². The normalized spacial score (nSPS) is 14.6. The lowest BCUT2D eigenvalue weighted by atomic mass is 9.95. The first-order chi connectivity index (χ1) is 22.8. The van der Waals surface area contributed by atoms with Crippen molar-refractivity contribution >= 4 is 43.8 Å². The number of ether oxygens (including phenoxy) is 1. The lowest BCUT2D eigenvalue weighted by molar-refractivity contribution is 0.0968. The smallest absolute Gasteiger partial charge is 0.262 e. The van der Waals surface area contributed by atoms with Crippen LogP contribution >= 0.6 is 0 Å². The number of anilines is 3. The summed E-state index contributed by atoms with van der Waals surface area (Å²) in [7, 11) is -2.40. The Labute approximate surface area is 274 Å². The molecule has 1 aliphatic rings. The second kappa shape index (κ2) is 12.3. The zero-order chi connectivity index (χ0) is 32.5. The van der Waals surface area contributed by atoms with Crippen LogP contribution in [0, 0.1) is 6.92 Å². The highest BCUT2D eigenvalue weighted by atomic mass is 32.2. The number of sulfonamides is 1. The van der Waals surface area contributed by atoms with Gasteiger partial charge in [0.05, 0.1) is 23.3 Å². The summed E-state index contributed by atoms with van der Waals surface area (Å²) < 4.78 is 35.4. The van der Waals surface area contributed by atoms with E-state index in [4.69, 9.17) is 4.74 Å². The van der Waals surface area contributed by atoms with Crippen LogP contribution in [0.15, 0.2) is 144 Å². The van der Waals surface area contributed by atoms with Gasteiger partial charge in [-0.1, -0.05) is 90.5 Å². The van der Waals surface area contributed by atoms with Crippen molar-refractivity contribution in [3.63, 3.8) is 0 Å². The average Bonchev–Trinajstić information content (AvgIpc) is 3.10. The van der Waals surface area contributed by atoms with Crippen molar-refractivity contribution < 1.29 is 17.9 Å². The maximum atomic E-state index is 14.8. The molecule has 0 radical (unpaired) electrons. The molecule has 1 atom stereocenters. The largest absolute Gasteiger partial charge is 0.497 e. The molecule has 1 N–H and O–H groups in total. The summed E-state index contributed by atoms with van der Waals surface area (Å²) in [5, 5.41) is 2.08. The summed E-state index contributed by atoms with van der Waals surface area (Å²) in [6.07, 6.45) is -0.553. The van der Waals surface area contributed by atoms with Gasteiger partial charge < -0.3 is 9.64 Å². The minimum Gasteiger partial charge on any atom is -0.497 e. The van der Waals surface area contributed by atoms with E-state index in [1.165, 1.54) is 6.07 Å². The molecule has 0 saturated heterocycles. The highest BCUT2D eigenvalue weighted by molar-refractivity contribution is 7.92. The van der Waals surface area contributed by atoms with E-state index in [0.717, 1.165) is 27.5 Å². The molecule has 0 unspecified atom stereocenters. The Bertz CT molecular complexity index is 2180. The number of amides is 1. The van der Waals surface area contributed by atoms with Gasteiger partial charge in [-0.25, -0.2) is 8.42 Å². The Morgan fingerprint density at radius 3 is 2.21 bits per heavy atom. The van der Waals surface area contributed by atoms with Crippen LogP contribution < -0.4 is 19.3 Å². The molecule has 234 valence electrons. The number of hydrogen-bond acceptors (Lipinski definition) is 5. The molecule has 0 spiro atoms. The number of carbonyl (C=O) groups excluding carboxylic acids is 1. The third kappa shape index (κ3) is 5.79. The fraction of sp³-hybridized carbons (Fsp3) is 0.103. The van der Waals surface area contributed by atoms with Crippen molar-refractivity contribution in [1.82, 2.24) is 0 Å². The van der Waals surface area contributed by atoms with Gasteiger partial charge in [0.15, 0.2) is 0 Å². The Morgan fingerprint density at radius 1 is 0.766 bits per heavy atom. The molecule has 1 amide bonds. The molecule has 7 nitrogen and oxygen atoms in total. The van der Waals surface area contributed by atoms with Crippen LogP contribution in [0.4, 0.5) is 17.1 Å². The molecule has 0 bridgehead atoms. The molecule has 6 aromatic carbocycles. The quantitative estimate of drug-likeness (QED) is 0.181. The van der Waals surface area contributed by atoms with Gasteiger partial charge in [-0.15, -0.1) is 0 Å². The first kappa shape index (κ1) is 30.1. The summed E-state index contributed by atoms with van der Waals surface area (Å²) >= 11 is 0. The number of nitrogens with one attached hydrogen (secondary N) is 1. The summed E-state index contributed by atoms with van der Waals surface area (Å²) in [6, 6.07) is 43.7. The van der Waals surface area contributed by atoms with E-state index >= 15 is 0 Å². The molecule has 47 heavy (non-hydrogen) atoms. The summed E-state index contributed by atoms with van der Waals surface area (Å²) in [6.45, 7) is 2.41. The first-order valence-electron chi connectivity index (χ1n) is 15.3. The average molecular weight is 640 g/mol. The van der Waals surface area contributed by atoms with Crippen LogP contribution in [0.2, 0.25) is 0 Å². The van der Waals surface area contributed by atoms with E-state index < -0.39 is 16.2 Å². The number of rotatable bonds is 8. The molecule has 1 heterocycles. The highest BCUT2D eigenvalue weighted by Gasteiger charge is 2.41. The summed E-state index contributed by atoms with van der Waals surface area (Å²) in [4.78, 5) is 18.8. The molecule has 0 aromatic heterocycles. The third-order valence-electron chi connectivity index (χ3n) is 8.53. The maximum Gasteiger partial charge on any atom is 0.262 e. The van der Waals surface area contributed by atoms with Crippen LogP contribution in [0.3, 0.4) is 0 Å². The predicted molar refractivity (Wildman–Crippen MR) is 188 cm³/mol. The Kier molecular flexibility index (Phi) is 7.87. The van der Waals surface area contributed by atoms with Crippen molar-refractivity contribution in [2.75, 3.05) is 21.6 Å². The van der Waals surface area contributed by atoms with Gasteiger partial charge in [0, 0.05) is 23.5 Å². The van der Waals surface area contributed by atoms with E-state index in [2.05, 4.69) is 46.0 Å². The molecule has 8 heteroatoms. The van der Waals surface area contributed by atoms with Crippen molar-refractivity contribution in [3.05, 3.63) is 162 Å². The number of aryl methyl sites for hydroxylation is 1. The standard InChI is InChI=1S/C39H33N3O4S/c1-27-15-17-30(18-16-27)40-47(44,45)33-23-24-37-36(25-33)39(43)42(31-19-21-32(46-2)22-20-31)38(41(37)26-28-9-4-3-5-10-28)35-14-8-12-29-11-6-7-13-34(29)35/h3-25,38,40H,26H2,1-2H3/t38-/m0/s1. The lowest BCUT2D eigenvalue weighted by Gasteiger charge is -2.46. The highest BCUT2D eigenvalue weighted by Crippen LogP contribution is 2.45. The van der Waals surface area contributed by atoms with E-state index in [1.54, 1.807) is 36.3 Å². The van der Waals surface area contributed by atoms with Crippen LogP contribution in [-0.4, -0.2) is 21.4 Å². The molecule has 1 aliphatic heterocycles. The van der Waals surface area contributed by atoms with Crippen molar-refractivity contribution in [2.45, 2.75) is 24.5 Å². The minimum absolute atomic E-state index is 0.00290. The van der Waals surface area contributed by atoms with Gasteiger partial charge in [0.2, 0.25) is 0 Å². The number of nitrogens with zero attached hydrogens (tertiary/aromatic N) is 2. The van der Waals surface area contributed by atoms with Gasteiger partial charge in [-0.3, -0.25) is 14.4 Å². The van der Waals surface area contributed by atoms with Crippen molar-refractivity contribution in [2.24, 2.45) is 0 Å². The van der Waals surface area contributed by atoms with E-state index in [-0.39, 0.29) is 10.8 Å². The van der Waals surface area contributed by atoms with Gasteiger partial charge in [-0.05, 0) is 77.9 Å². The molecule has 0 fully saturated rings.